The molecular formula is C19H28O15S. The van der Waals surface area contributed by atoms with Crippen molar-refractivity contribution in [3.05, 3.63) is 24.3 Å². The van der Waals surface area contributed by atoms with Crippen LogP contribution in [0.25, 0.3) is 0 Å². The van der Waals surface area contributed by atoms with Crippen LogP contribution in [0.15, 0.2) is 24.3 Å². The summed E-state index contributed by atoms with van der Waals surface area (Å²) in [6.07, 6.45) is -16.8. The largest absolute Gasteiger partial charge is 0.497 e. The summed E-state index contributed by atoms with van der Waals surface area (Å²) in [5.74, 6) is 0.674. The van der Waals surface area contributed by atoms with Crippen LogP contribution in [0, 0.1) is 0 Å². The van der Waals surface area contributed by atoms with Crippen LogP contribution < -0.4 is 9.47 Å². The number of hydrogen-bond acceptors (Lipinski definition) is 14. The number of methoxy groups -OCH3 is 1. The van der Waals surface area contributed by atoms with E-state index in [1.807, 2.05) is 0 Å². The van der Waals surface area contributed by atoms with E-state index in [1.165, 1.54) is 19.2 Å². The molecule has 10 atom stereocenters. The number of aliphatic hydroxyl groups excluding tert-OH is 6. The van der Waals surface area contributed by atoms with E-state index >= 15 is 0 Å². The summed E-state index contributed by atoms with van der Waals surface area (Å²) >= 11 is 0. The molecule has 16 heteroatoms. The van der Waals surface area contributed by atoms with Crippen molar-refractivity contribution in [3.63, 3.8) is 0 Å². The lowest BCUT2D eigenvalue weighted by atomic mass is 9.97. The van der Waals surface area contributed by atoms with Gasteiger partial charge in [0, 0.05) is 0 Å². The summed E-state index contributed by atoms with van der Waals surface area (Å²) in [5.41, 5.74) is 0. The van der Waals surface area contributed by atoms with Crippen molar-refractivity contribution >= 4 is 10.4 Å². The van der Waals surface area contributed by atoms with Crippen molar-refractivity contribution in [1.29, 1.82) is 0 Å². The second kappa shape index (κ2) is 11.6. The van der Waals surface area contributed by atoms with Crippen molar-refractivity contribution in [1.82, 2.24) is 0 Å². The van der Waals surface area contributed by atoms with Crippen LogP contribution in [-0.2, 0) is 28.8 Å². The predicted molar refractivity (Wildman–Crippen MR) is 110 cm³/mol. The minimum Gasteiger partial charge on any atom is -0.497 e. The minimum absolute atomic E-state index is 0.173. The molecule has 0 aromatic heterocycles. The first-order chi connectivity index (χ1) is 16.4. The fraction of sp³-hybridized carbons (Fsp3) is 0.684. The molecule has 35 heavy (non-hydrogen) atoms. The molecule has 2 saturated heterocycles. The first-order valence-corrected chi connectivity index (χ1v) is 11.7. The lowest BCUT2D eigenvalue weighted by Crippen LogP contribution is -2.65. The molecule has 2 aliphatic heterocycles. The van der Waals surface area contributed by atoms with Gasteiger partial charge < -0.3 is 54.3 Å². The Labute approximate surface area is 199 Å². The molecule has 0 amide bonds. The van der Waals surface area contributed by atoms with Gasteiger partial charge in [-0.1, -0.05) is 0 Å². The lowest BCUT2D eigenvalue weighted by molar-refractivity contribution is -0.352. The van der Waals surface area contributed by atoms with Gasteiger partial charge in [-0.05, 0) is 24.3 Å². The molecule has 7 N–H and O–H groups in total. The summed E-state index contributed by atoms with van der Waals surface area (Å²) in [6.45, 7) is -1.67. The molecular weight excluding hydrogens is 500 g/mol. The van der Waals surface area contributed by atoms with Gasteiger partial charge in [0.2, 0.25) is 6.29 Å². The molecule has 0 radical (unpaired) electrons. The SMILES string of the molecule is COc1ccc(O[C@@H]2O[C@H](COS(=O)(=O)O)[C@H](O)[C@H](O[C@@H]3O[C@H](CO)[C@H](O)[C@H](O)[C@H]3O)[C@H]2O)cc1. The Morgan fingerprint density at radius 3 is 2.00 bits per heavy atom. The maximum absolute atomic E-state index is 11.0. The van der Waals surface area contributed by atoms with E-state index in [0.717, 1.165) is 0 Å². The maximum atomic E-state index is 11.0. The third kappa shape index (κ3) is 6.76. The monoisotopic (exact) mass is 528 g/mol. The first-order valence-electron chi connectivity index (χ1n) is 10.3. The van der Waals surface area contributed by atoms with Crippen molar-refractivity contribution in [3.8, 4) is 11.5 Å². The molecule has 2 heterocycles. The van der Waals surface area contributed by atoms with E-state index in [1.54, 1.807) is 12.1 Å². The van der Waals surface area contributed by atoms with Gasteiger partial charge in [0.15, 0.2) is 6.29 Å². The highest BCUT2D eigenvalue weighted by atomic mass is 32.3. The third-order valence-electron chi connectivity index (χ3n) is 5.47. The average Bonchev–Trinajstić information content (AvgIpc) is 2.82. The number of aliphatic hydroxyl groups is 6. The smallest absolute Gasteiger partial charge is 0.397 e. The van der Waals surface area contributed by atoms with Gasteiger partial charge in [0.25, 0.3) is 0 Å². The summed E-state index contributed by atoms with van der Waals surface area (Å²) in [6, 6.07) is 6.02. The Morgan fingerprint density at radius 2 is 1.43 bits per heavy atom. The van der Waals surface area contributed by atoms with Gasteiger partial charge >= 0.3 is 10.4 Å². The van der Waals surface area contributed by atoms with Gasteiger partial charge in [0.1, 0.15) is 60.3 Å². The molecule has 1 aromatic rings. The summed E-state index contributed by atoms with van der Waals surface area (Å²) in [7, 11) is -3.47. The van der Waals surface area contributed by atoms with E-state index in [0.29, 0.717) is 5.75 Å². The molecule has 2 aliphatic rings. The van der Waals surface area contributed by atoms with Crippen LogP contribution in [0.4, 0.5) is 0 Å². The zero-order valence-corrected chi connectivity index (χ0v) is 19.1. The Bertz CT molecular complexity index is 909. The second-order valence-corrected chi connectivity index (χ2v) is 8.92. The Balaban J connectivity index is 1.82. The van der Waals surface area contributed by atoms with Crippen LogP contribution in [0.3, 0.4) is 0 Å². The fourth-order valence-corrected chi connectivity index (χ4v) is 3.88. The second-order valence-electron chi connectivity index (χ2n) is 7.83. The summed E-state index contributed by atoms with van der Waals surface area (Å²) in [4.78, 5) is 0. The number of rotatable bonds is 9. The fourth-order valence-electron chi connectivity index (χ4n) is 3.57. The topological polar surface area (TPSA) is 231 Å². The molecule has 0 unspecified atom stereocenters. The average molecular weight is 528 g/mol. The Kier molecular flexibility index (Phi) is 9.24. The third-order valence-corrected chi connectivity index (χ3v) is 5.91. The molecule has 200 valence electrons. The van der Waals surface area contributed by atoms with Crippen molar-refractivity contribution < 1.29 is 71.5 Å². The highest BCUT2D eigenvalue weighted by molar-refractivity contribution is 7.80. The normalized spacial score (nSPS) is 38.2. The molecule has 1 aromatic carbocycles. The van der Waals surface area contributed by atoms with Gasteiger partial charge in [-0.2, -0.15) is 8.42 Å². The standard InChI is InChI=1S/C19H28O15S/c1-29-8-2-4-9(5-3-8)31-19-16(25)17(13(22)11(33-19)7-30-35(26,27)28)34-18-15(24)14(23)12(21)10(6-20)32-18/h2-5,10-25H,6-7H2,1H3,(H,26,27,28)/t10-,11-,12+,13+,14+,15-,16-,17+,18+,19-/m1/s1. The molecule has 15 nitrogen and oxygen atoms in total. The Morgan fingerprint density at radius 1 is 0.829 bits per heavy atom. The van der Waals surface area contributed by atoms with E-state index in [2.05, 4.69) is 4.18 Å². The molecule has 0 aliphatic carbocycles. The van der Waals surface area contributed by atoms with Crippen LogP contribution in [0.2, 0.25) is 0 Å². The van der Waals surface area contributed by atoms with Gasteiger partial charge in [0.05, 0.1) is 20.3 Å². The summed E-state index contributed by atoms with van der Waals surface area (Å²) in [5, 5.41) is 60.9. The zero-order chi connectivity index (χ0) is 25.9. The van der Waals surface area contributed by atoms with Gasteiger partial charge in [-0.15, -0.1) is 0 Å². The predicted octanol–water partition coefficient (Wildman–Crippen LogP) is -3.47. The van der Waals surface area contributed by atoms with Gasteiger partial charge in [-0.25, -0.2) is 4.18 Å². The van der Waals surface area contributed by atoms with Crippen LogP contribution in [-0.4, -0.2) is 125 Å². The Hall–Kier alpha value is -1.67. The van der Waals surface area contributed by atoms with E-state index in [9.17, 15) is 39.1 Å². The number of hydrogen-bond donors (Lipinski definition) is 7. The van der Waals surface area contributed by atoms with Gasteiger partial charge in [-0.3, -0.25) is 4.55 Å². The van der Waals surface area contributed by atoms with Crippen molar-refractivity contribution in [2.45, 2.75) is 61.4 Å². The molecule has 0 bridgehead atoms. The highest BCUT2D eigenvalue weighted by Gasteiger charge is 2.51. The number of benzene rings is 1. The van der Waals surface area contributed by atoms with Crippen molar-refractivity contribution in [2.24, 2.45) is 0 Å². The molecule has 3 rings (SSSR count). The van der Waals surface area contributed by atoms with E-state index in [-0.39, 0.29) is 5.75 Å². The van der Waals surface area contributed by atoms with E-state index < -0.39 is 85.0 Å². The summed E-state index contributed by atoms with van der Waals surface area (Å²) < 4.78 is 61.9. The van der Waals surface area contributed by atoms with Crippen LogP contribution >= 0.6 is 0 Å². The molecule has 0 spiro atoms. The minimum atomic E-state index is -4.92. The first kappa shape index (κ1) is 27.9. The quantitative estimate of drug-likeness (QED) is 0.154. The van der Waals surface area contributed by atoms with Crippen LogP contribution in [0.5, 0.6) is 11.5 Å². The molecule has 2 fully saturated rings. The number of ether oxygens (including phenoxy) is 5. The van der Waals surface area contributed by atoms with Crippen molar-refractivity contribution in [2.75, 3.05) is 20.3 Å². The maximum Gasteiger partial charge on any atom is 0.397 e. The highest BCUT2D eigenvalue weighted by Crippen LogP contribution is 2.31. The van der Waals surface area contributed by atoms with Crippen LogP contribution in [0.1, 0.15) is 0 Å². The lowest BCUT2D eigenvalue weighted by Gasteiger charge is -2.45. The van der Waals surface area contributed by atoms with E-state index in [4.69, 9.17) is 28.2 Å². The zero-order valence-electron chi connectivity index (χ0n) is 18.3. The molecule has 0 saturated carbocycles.